The molecular formula is C64H104N4O19S2. The summed E-state index contributed by atoms with van der Waals surface area (Å²) in [5, 5.41) is 5.91. The molecule has 3 aromatic rings. The maximum atomic E-state index is 13.5. The first-order chi connectivity index (χ1) is 43.8. The molecule has 0 bridgehead atoms. The number of nitrogens with one attached hydrogen (secondary N) is 2. The predicted molar refractivity (Wildman–Crippen MR) is 345 cm³/mol. The number of ether oxygens (including phenoxy) is 15. The number of benzene rings is 2. The molecule has 1 atom stereocenters. The topological polar surface area (TPSA) is 257 Å². The van der Waals surface area contributed by atoms with Gasteiger partial charge in [-0.25, -0.2) is 9.97 Å². The number of nitrogens with zero attached hydrogens (tertiary/aromatic N) is 2. The Labute approximate surface area is 537 Å². The van der Waals surface area contributed by atoms with Gasteiger partial charge in [-0.3, -0.25) is 19.2 Å². The van der Waals surface area contributed by atoms with Gasteiger partial charge in [-0.05, 0) is 74.1 Å². The van der Waals surface area contributed by atoms with E-state index in [9.17, 15) is 19.2 Å². The van der Waals surface area contributed by atoms with Gasteiger partial charge in [-0.1, -0.05) is 25.5 Å². The Morgan fingerprint density at radius 3 is 1.31 bits per heavy atom. The Bertz CT molecular complexity index is 2240. The first kappa shape index (κ1) is 79.4. The number of aromatic nitrogens is 2. The lowest BCUT2D eigenvalue weighted by Gasteiger charge is -2.17. The number of hydrogen-bond acceptors (Lipinski definition) is 23. The number of amides is 2. The van der Waals surface area contributed by atoms with Gasteiger partial charge in [-0.2, -0.15) is 23.5 Å². The lowest BCUT2D eigenvalue weighted by molar-refractivity contribution is -0.127. The van der Waals surface area contributed by atoms with Crippen molar-refractivity contribution >= 4 is 63.6 Å². The molecule has 0 aliphatic rings. The van der Waals surface area contributed by atoms with Crippen molar-refractivity contribution in [3.05, 3.63) is 65.0 Å². The second-order valence-corrected chi connectivity index (χ2v) is 21.8. The van der Waals surface area contributed by atoms with Crippen molar-refractivity contribution < 1.29 is 90.2 Å². The average Bonchev–Trinajstić information content (AvgIpc) is 3.52. The van der Waals surface area contributed by atoms with E-state index in [-0.39, 0.29) is 55.9 Å². The zero-order valence-corrected chi connectivity index (χ0v) is 55.2. The minimum absolute atomic E-state index is 0.0276. The standard InChI is InChI=1S/C64H104N4O19S2/c1-5-53-11-14-56(15-12-53)66-64(72)55(49-57(69)17-21-75-26-25-74-20-8-10-62(70)54-13-16-58-59(50-54)68-61(52-89-4)60(67-58)51-88-3)9-6-7-19-65-63(71)18-22-76-27-28-78-31-32-80-35-36-82-39-40-84-43-44-86-47-48-87-46-45-85-42-41-83-38-37-81-34-33-79-30-29-77-24-23-73-2/h11-16,50,55H,5-10,17-49,51-52H2,1-4H3,(H,65,71)(H,66,72)/t55-/m1/s1. The van der Waals surface area contributed by atoms with E-state index in [1.54, 1.807) is 30.6 Å². The molecule has 0 aliphatic carbocycles. The number of thioether (sulfide) groups is 2. The van der Waals surface area contributed by atoms with E-state index in [0.29, 0.717) is 228 Å². The number of methoxy groups -OCH3 is 1. The largest absolute Gasteiger partial charge is 0.382 e. The summed E-state index contributed by atoms with van der Waals surface area (Å²) in [6.45, 7) is 15.5. The highest BCUT2D eigenvalue weighted by Gasteiger charge is 2.22. The molecule has 0 saturated carbocycles. The number of anilines is 1. The molecule has 0 unspecified atom stereocenters. The van der Waals surface area contributed by atoms with Crippen molar-refractivity contribution in [3.8, 4) is 0 Å². The normalized spacial score (nSPS) is 11.9. The van der Waals surface area contributed by atoms with Crippen LogP contribution in [0.4, 0.5) is 5.69 Å². The number of ketones is 2. The lowest BCUT2D eigenvalue weighted by atomic mass is 9.94. The van der Waals surface area contributed by atoms with E-state index in [1.165, 1.54) is 0 Å². The second-order valence-electron chi connectivity index (χ2n) is 20.1. The number of hydrogen-bond donors (Lipinski definition) is 2. The molecule has 506 valence electrons. The van der Waals surface area contributed by atoms with Crippen molar-refractivity contribution in [2.45, 2.75) is 76.2 Å². The molecule has 1 heterocycles. The molecule has 0 aliphatic heterocycles. The summed E-state index contributed by atoms with van der Waals surface area (Å²) in [5.74, 6) is 0.652. The molecule has 23 nitrogen and oxygen atoms in total. The van der Waals surface area contributed by atoms with Crippen LogP contribution in [0.1, 0.15) is 85.6 Å². The highest BCUT2D eigenvalue weighted by atomic mass is 32.2. The fourth-order valence-corrected chi connectivity index (χ4v) is 9.23. The summed E-state index contributed by atoms with van der Waals surface area (Å²) >= 11 is 3.41. The maximum Gasteiger partial charge on any atom is 0.227 e. The van der Waals surface area contributed by atoms with E-state index >= 15 is 0 Å². The third kappa shape index (κ3) is 42.8. The minimum atomic E-state index is -0.535. The van der Waals surface area contributed by atoms with Gasteiger partial charge in [0.1, 0.15) is 5.78 Å². The number of carbonyl (C=O) groups is 4. The van der Waals surface area contributed by atoms with Crippen LogP contribution in [-0.2, 0) is 103 Å². The Morgan fingerprint density at radius 1 is 0.461 bits per heavy atom. The van der Waals surface area contributed by atoms with E-state index in [4.69, 9.17) is 81.0 Å². The number of fused-ring (bicyclic) bond motifs is 1. The van der Waals surface area contributed by atoms with Crippen LogP contribution in [0.3, 0.4) is 0 Å². The Balaban J connectivity index is 1.09. The van der Waals surface area contributed by atoms with Crippen LogP contribution in [0.25, 0.3) is 11.0 Å². The molecule has 2 amide bonds. The van der Waals surface area contributed by atoms with Crippen molar-refractivity contribution in [3.63, 3.8) is 0 Å². The molecule has 2 N–H and O–H groups in total. The molecule has 0 spiro atoms. The van der Waals surface area contributed by atoms with Crippen LogP contribution in [0.5, 0.6) is 0 Å². The van der Waals surface area contributed by atoms with Crippen molar-refractivity contribution in [2.24, 2.45) is 5.92 Å². The van der Waals surface area contributed by atoms with Gasteiger partial charge < -0.3 is 81.7 Å². The number of unbranched alkanes of at least 4 members (excludes halogenated alkanes) is 1. The second kappa shape index (κ2) is 56.9. The molecule has 0 saturated heterocycles. The van der Waals surface area contributed by atoms with Crippen LogP contribution in [0, 0.1) is 5.92 Å². The number of rotatable bonds is 64. The van der Waals surface area contributed by atoms with Crippen molar-refractivity contribution in [2.75, 3.05) is 223 Å². The van der Waals surface area contributed by atoms with E-state index in [2.05, 4.69) is 17.6 Å². The summed E-state index contributed by atoms with van der Waals surface area (Å²) < 4.78 is 82.3. The van der Waals surface area contributed by atoms with Crippen LogP contribution < -0.4 is 10.6 Å². The summed E-state index contributed by atoms with van der Waals surface area (Å²) in [5.41, 5.74) is 5.91. The number of carbonyl (C=O) groups excluding carboxylic acids is 4. The van der Waals surface area contributed by atoms with Crippen LogP contribution in [-0.4, -0.2) is 251 Å². The van der Waals surface area contributed by atoms with Crippen molar-refractivity contribution in [1.82, 2.24) is 15.3 Å². The number of Topliss-reactive ketones (excluding diaryl/α,β-unsaturated/α-hetero) is 2. The predicted octanol–water partition coefficient (Wildman–Crippen LogP) is 7.04. The summed E-state index contributed by atoms with van der Waals surface area (Å²) in [6, 6.07) is 13.2. The quantitative estimate of drug-likeness (QED) is 0.0424. The molecular weight excluding hydrogens is 1190 g/mol. The SMILES string of the molecule is CCc1ccc(NC(=O)[C@H](CCCCNC(=O)CCOCCOCCOCCOCCOCCOCCOCCOCCOCCOCCOCCOCCOC)CC(=O)CCOCCOCCCC(=O)c2ccc3nc(CSC)c(CSC)nc3c2)cc1. The third-order valence-corrected chi connectivity index (χ3v) is 14.2. The highest BCUT2D eigenvalue weighted by molar-refractivity contribution is 7.98. The van der Waals surface area contributed by atoms with Gasteiger partial charge >= 0.3 is 0 Å². The fraction of sp³-hybridized carbons (Fsp3) is 0.719. The summed E-state index contributed by atoms with van der Waals surface area (Å²) in [7, 11) is 1.64. The molecule has 2 aromatic carbocycles. The zero-order chi connectivity index (χ0) is 63.7. The average molecular weight is 1300 g/mol. The Morgan fingerprint density at radius 2 is 0.876 bits per heavy atom. The summed E-state index contributed by atoms with van der Waals surface area (Å²) in [6.07, 6.45) is 8.13. The highest BCUT2D eigenvalue weighted by Crippen LogP contribution is 2.22. The monoisotopic (exact) mass is 1300 g/mol. The van der Waals surface area contributed by atoms with Gasteiger partial charge in [0.25, 0.3) is 0 Å². The maximum absolute atomic E-state index is 13.5. The van der Waals surface area contributed by atoms with E-state index in [0.717, 1.165) is 45.9 Å². The Kier molecular flexibility index (Phi) is 50.7. The Hall–Kier alpha value is -3.84. The van der Waals surface area contributed by atoms with Crippen LogP contribution in [0.2, 0.25) is 0 Å². The van der Waals surface area contributed by atoms with E-state index in [1.807, 2.05) is 55.0 Å². The smallest absolute Gasteiger partial charge is 0.227 e. The number of aryl methyl sites for hydroxylation is 1. The van der Waals surface area contributed by atoms with Crippen LogP contribution in [0.15, 0.2) is 42.5 Å². The molecule has 3 rings (SSSR count). The summed E-state index contributed by atoms with van der Waals surface area (Å²) in [4.78, 5) is 61.7. The molecule has 0 radical (unpaired) electrons. The fourth-order valence-electron chi connectivity index (χ4n) is 8.22. The van der Waals surface area contributed by atoms with Gasteiger partial charge in [0.15, 0.2) is 5.78 Å². The minimum Gasteiger partial charge on any atom is -0.382 e. The lowest BCUT2D eigenvalue weighted by Crippen LogP contribution is -2.27. The van der Waals surface area contributed by atoms with Gasteiger partial charge in [-0.15, -0.1) is 0 Å². The molecule has 0 fully saturated rings. The molecule has 1 aromatic heterocycles. The third-order valence-electron chi connectivity index (χ3n) is 13.1. The zero-order valence-electron chi connectivity index (χ0n) is 53.6. The van der Waals surface area contributed by atoms with Gasteiger partial charge in [0, 0.05) is 74.6 Å². The van der Waals surface area contributed by atoms with Gasteiger partial charge in [0.2, 0.25) is 11.8 Å². The first-order valence-electron chi connectivity index (χ1n) is 31.3. The van der Waals surface area contributed by atoms with Crippen LogP contribution >= 0.6 is 23.5 Å². The molecule has 25 heteroatoms. The molecule has 89 heavy (non-hydrogen) atoms. The van der Waals surface area contributed by atoms with E-state index < -0.39 is 5.92 Å². The van der Waals surface area contributed by atoms with Gasteiger partial charge in [0.05, 0.1) is 207 Å². The first-order valence-corrected chi connectivity index (χ1v) is 34.1. The van der Waals surface area contributed by atoms with Crippen molar-refractivity contribution in [1.29, 1.82) is 0 Å².